The van der Waals surface area contributed by atoms with Crippen molar-refractivity contribution in [3.63, 3.8) is 0 Å². The van der Waals surface area contributed by atoms with Crippen LogP contribution in [0.25, 0.3) is 10.9 Å². The zero-order valence-electron chi connectivity index (χ0n) is 21.3. The quantitative estimate of drug-likeness (QED) is 0.206. The summed E-state index contributed by atoms with van der Waals surface area (Å²) in [7, 11) is 0. The highest BCUT2D eigenvalue weighted by Gasteiger charge is 2.17. The molecule has 5 rings (SSSR count). The van der Waals surface area contributed by atoms with Crippen LogP contribution in [-0.4, -0.2) is 51.9 Å². The number of hydrogen-bond acceptors (Lipinski definition) is 7. The molecule has 0 atom stereocenters. The third-order valence-electron chi connectivity index (χ3n) is 6.62. The molecule has 1 saturated heterocycles. The number of unbranched alkanes of at least 4 members (excludes halogenated alkanes) is 1. The van der Waals surface area contributed by atoms with Gasteiger partial charge in [0, 0.05) is 65.9 Å². The number of hydrogen-bond donors (Lipinski definition) is 3. The molecule has 1 amide bonds. The van der Waals surface area contributed by atoms with E-state index < -0.39 is 0 Å². The number of benzene rings is 2. The molecule has 1 fully saturated rings. The molecule has 8 nitrogen and oxygen atoms in total. The number of halogens is 1. The van der Waals surface area contributed by atoms with Gasteiger partial charge in [0.2, 0.25) is 5.95 Å². The third kappa shape index (κ3) is 6.69. The van der Waals surface area contributed by atoms with Crippen molar-refractivity contribution in [2.75, 3.05) is 42.1 Å². The normalized spacial score (nSPS) is 13.3. The van der Waals surface area contributed by atoms with E-state index in [9.17, 15) is 4.79 Å². The smallest absolute Gasteiger partial charge is 0.253 e. The van der Waals surface area contributed by atoms with E-state index in [1.165, 1.54) is 6.42 Å². The van der Waals surface area contributed by atoms with E-state index in [0.29, 0.717) is 16.5 Å². The maximum atomic E-state index is 12.7. The molecule has 0 saturated carbocycles. The van der Waals surface area contributed by atoms with Crippen molar-refractivity contribution in [3.05, 3.63) is 77.6 Å². The van der Waals surface area contributed by atoms with Gasteiger partial charge in [-0.2, -0.15) is 4.98 Å². The van der Waals surface area contributed by atoms with E-state index in [2.05, 4.69) is 30.9 Å². The highest BCUT2D eigenvalue weighted by Crippen LogP contribution is 2.24. The molecular weight excluding hydrogens is 498 g/mol. The number of nitrogens with one attached hydrogen (secondary N) is 3. The fraction of sp³-hybridized carbons (Fsp3) is 0.310. The van der Waals surface area contributed by atoms with E-state index in [4.69, 9.17) is 11.6 Å². The fourth-order valence-corrected chi connectivity index (χ4v) is 4.75. The van der Waals surface area contributed by atoms with Crippen molar-refractivity contribution in [1.29, 1.82) is 0 Å². The van der Waals surface area contributed by atoms with Crippen molar-refractivity contribution < 1.29 is 4.79 Å². The van der Waals surface area contributed by atoms with E-state index >= 15 is 0 Å². The minimum atomic E-state index is 0.105. The SMILES string of the molecule is O=C(c1ccc(Nc2nccc(NCCCCNc3ccnc4cc(Cl)ccc34)n2)cc1)N1CCCCC1. The summed E-state index contributed by atoms with van der Waals surface area (Å²) in [5.41, 5.74) is 3.51. The molecule has 0 spiro atoms. The molecule has 1 aliphatic rings. The van der Waals surface area contributed by atoms with Crippen LogP contribution in [0.5, 0.6) is 0 Å². The average molecular weight is 530 g/mol. The van der Waals surface area contributed by atoms with Crippen molar-refractivity contribution in [2.45, 2.75) is 32.1 Å². The van der Waals surface area contributed by atoms with E-state index in [1.807, 2.05) is 59.5 Å². The van der Waals surface area contributed by atoms with Crippen LogP contribution in [0, 0.1) is 0 Å². The molecule has 3 heterocycles. The number of rotatable bonds is 10. The highest BCUT2D eigenvalue weighted by atomic mass is 35.5. The molecule has 2 aromatic carbocycles. The molecule has 0 radical (unpaired) electrons. The van der Waals surface area contributed by atoms with Crippen LogP contribution in [0.4, 0.5) is 23.1 Å². The largest absolute Gasteiger partial charge is 0.384 e. The molecule has 2 aromatic heterocycles. The Morgan fingerprint density at radius 3 is 2.45 bits per heavy atom. The molecule has 1 aliphatic heterocycles. The van der Waals surface area contributed by atoms with Crippen molar-refractivity contribution in [1.82, 2.24) is 19.9 Å². The molecule has 3 N–H and O–H groups in total. The van der Waals surface area contributed by atoms with Crippen LogP contribution in [0.2, 0.25) is 5.02 Å². The van der Waals surface area contributed by atoms with Gasteiger partial charge in [0.25, 0.3) is 5.91 Å². The molecule has 0 aliphatic carbocycles. The number of pyridine rings is 1. The maximum absolute atomic E-state index is 12.7. The second-order valence-electron chi connectivity index (χ2n) is 9.40. The first kappa shape index (κ1) is 25.7. The first-order chi connectivity index (χ1) is 18.7. The summed E-state index contributed by atoms with van der Waals surface area (Å²) in [5.74, 6) is 1.38. The number of fused-ring (bicyclic) bond motifs is 1. The van der Waals surface area contributed by atoms with Crippen molar-refractivity contribution in [2.24, 2.45) is 0 Å². The van der Waals surface area contributed by atoms with E-state index in [0.717, 1.165) is 80.0 Å². The molecule has 0 bridgehead atoms. The Bertz CT molecular complexity index is 1370. The van der Waals surface area contributed by atoms with Crippen LogP contribution >= 0.6 is 11.6 Å². The predicted octanol–water partition coefficient (Wildman–Crippen LogP) is 6.35. The van der Waals surface area contributed by atoms with Crippen LogP contribution in [0.1, 0.15) is 42.5 Å². The maximum Gasteiger partial charge on any atom is 0.253 e. The summed E-state index contributed by atoms with van der Waals surface area (Å²) in [6, 6.07) is 17.1. The number of likely N-dealkylation sites (tertiary alicyclic amines) is 1. The van der Waals surface area contributed by atoms with Crippen LogP contribution in [-0.2, 0) is 0 Å². The summed E-state index contributed by atoms with van der Waals surface area (Å²) >= 11 is 6.08. The molecule has 38 heavy (non-hydrogen) atoms. The van der Waals surface area contributed by atoms with Gasteiger partial charge in [-0.1, -0.05) is 11.6 Å². The van der Waals surface area contributed by atoms with Crippen molar-refractivity contribution in [3.8, 4) is 0 Å². The van der Waals surface area contributed by atoms with Gasteiger partial charge in [0.15, 0.2) is 0 Å². The molecule has 196 valence electrons. The Kier molecular flexibility index (Phi) is 8.50. The second-order valence-corrected chi connectivity index (χ2v) is 9.84. The molecule has 4 aromatic rings. The summed E-state index contributed by atoms with van der Waals surface area (Å²) in [6.45, 7) is 3.36. The topological polar surface area (TPSA) is 95.1 Å². The number of piperidine rings is 1. The number of carbonyl (C=O) groups is 1. The second kappa shape index (κ2) is 12.6. The zero-order chi connectivity index (χ0) is 26.2. The van der Waals surface area contributed by atoms with Gasteiger partial charge in [-0.15, -0.1) is 0 Å². The minimum absolute atomic E-state index is 0.105. The first-order valence-corrected chi connectivity index (χ1v) is 13.5. The summed E-state index contributed by atoms with van der Waals surface area (Å²) in [4.78, 5) is 27.9. The van der Waals surface area contributed by atoms with Crippen LogP contribution < -0.4 is 16.0 Å². The molecule has 9 heteroatoms. The summed E-state index contributed by atoms with van der Waals surface area (Å²) in [5, 5.41) is 11.9. The van der Waals surface area contributed by atoms with Gasteiger partial charge >= 0.3 is 0 Å². The Hall–Kier alpha value is -3.91. The molecule has 0 unspecified atom stereocenters. The Morgan fingerprint density at radius 1 is 0.868 bits per heavy atom. The number of amides is 1. The monoisotopic (exact) mass is 529 g/mol. The lowest BCUT2D eigenvalue weighted by Crippen LogP contribution is -2.35. The lowest BCUT2D eigenvalue weighted by Gasteiger charge is -2.26. The van der Waals surface area contributed by atoms with Crippen LogP contribution in [0.3, 0.4) is 0 Å². The van der Waals surface area contributed by atoms with Crippen molar-refractivity contribution >= 4 is 51.6 Å². The van der Waals surface area contributed by atoms with Gasteiger partial charge < -0.3 is 20.9 Å². The Labute approximate surface area is 227 Å². The number of nitrogens with zero attached hydrogens (tertiary/aromatic N) is 4. The standard InChI is InChI=1S/C29H32ClN7O/c30-22-8-11-24-25(12-16-32-26(24)20-22)31-14-2-3-15-33-27-13-17-34-29(36-27)35-23-9-6-21(7-10-23)28(38)37-18-4-1-5-19-37/h6-13,16-17,20H,1-5,14-15,18-19H2,(H,31,32)(H2,33,34,35,36). The highest BCUT2D eigenvalue weighted by molar-refractivity contribution is 6.31. The van der Waals surface area contributed by atoms with Crippen LogP contribution in [0.15, 0.2) is 67.0 Å². The zero-order valence-corrected chi connectivity index (χ0v) is 22.0. The number of aromatic nitrogens is 3. The van der Waals surface area contributed by atoms with E-state index in [1.54, 1.807) is 12.4 Å². The fourth-order valence-electron chi connectivity index (χ4n) is 4.59. The van der Waals surface area contributed by atoms with Gasteiger partial charge in [0.1, 0.15) is 5.82 Å². The Balaban J connectivity index is 1.06. The lowest BCUT2D eigenvalue weighted by molar-refractivity contribution is 0.0724. The van der Waals surface area contributed by atoms with E-state index in [-0.39, 0.29) is 5.91 Å². The first-order valence-electron chi connectivity index (χ1n) is 13.2. The van der Waals surface area contributed by atoms with Gasteiger partial charge in [-0.25, -0.2) is 4.98 Å². The summed E-state index contributed by atoms with van der Waals surface area (Å²) in [6.07, 6.45) is 8.90. The predicted molar refractivity (Wildman–Crippen MR) is 154 cm³/mol. The van der Waals surface area contributed by atoms with Gasteiger partial charge in [0.05, 0.1) is 5.52 Å². The minimum Gasteiger partial charge on any atom is -0.384 e. The Morgan fingerprint density at radius 2 is 1.63 bits per heavy atom. The van der Waals surface area contributed by atoms with Gasteiger partial charge in [-0.3, -0.25) is 9.78 Å². The average Bonchev–Trinajstić information content (AvgIpc) is 2.95. The number of carbonyl (C=O) groups excluding carboxylic acids is 1. The molecular formula is C29H32ClN7O. The number of anilines is 4. The van der Waals surface area contributed by atoms with Gasteiger partial charge in [-0.05, 0) is 86.7 Å². The summed E-state index contributed by atoms with van der Waals surface area (Å²) < 4.78 is 0. The lowest BCUT2D eigenvalue weighted by atomic mass is 10.1. The third-order valence-corrected chi connectivity index (χ3v) is 6.85.